The summed E-state index contributed by atoms with van der Waals surface area (Å²) in [6, 6.07) is 0. The number of ether oxygens (including phenoxy) is 1. The van der Waals surface area contributed by atoms with Crippen molar-refractivity contribution in [3.05, 3.63) is 16.1 Å². The lowest BCUT2D eigenvalue weighted by Crippen LogP contribution is -2.12. The number of thiazole rings is 1. The molecule has 0 aliphatic carbocycles. The number of nitrogens with zero attached hydrogens (tertiary/aromatic N) is 1. The SMILES string of the molecule is COCC(=O)CC(=O)c1nc(C)cs1. The molecule has 0 fully saturated rings. The van der Waals surface area contributed by atoms with Crippen LogP contribution in [0.3, 0.4) is 0 Å². The summed E-state index contributed by atoms with van der Waals surface area (Å²) in [4.78, 5) is 26.5. The van der Waals surface area contributed by atoms with Crippen molar-refractivity contribution in [2.24, 2.45) is 0 Å². The topological polar surface area (TPSA) is 56.3 Å². The van der Waals surface area contributed by atoms with Crippen LogP contribution in [-0.2, 0) is 9.53 Å². The predicted molar refractivity (Wildman–Crippen MR) is 52.7 cm³/mol. The number of methoxy groups -OCH3 is 1. The zero-order chi connectivity index (χ0) is 10.6. The summed E-state index contributed by atoms with van der Waals surface area (Å²) >= 11 is 1.26. The lowest BCUT2D eigenvalue weighted by molar-refractivity contribution is -0.121. The Balaban J connectivity index is 2.55. The van der Waals surface area contributed by atoms with Crippen LogP contribution in [0.5, 0.6) is 0 Å². The molecule has 1 aromatic heterocycles. The van der Waals surface area contributed by atoms with Crippen LogP contribution >= 0.6 is 11.3 Å². The second-order valence-corrected chi connectivity index (χ2v) is 3.72. The van der Waals surface area contributed by atoms with Crippen LogP contribution in [0.25, 0.3) is 0 Å². The molecule has 0 atom stereocenters. The minimum atomic E-state index is -0.231. The Morgan fingerprint density at radius 2 is 2.29 bits per heavy atom. The van der Waals surface area contributed by atoms with Crippen LogP contribution in [0, 0.1) is 6.92 Å². The molecule has 4 nitrogen and oxygen atoms in total. The number of hydrogen-bond acceptors (Lipinski definition) is 5. The molecule has 0 N–H and O–H groups in total. The van der Waals surface area contributed by atoms with E-state index in [0.29, 0.717) is 5.01 Å². The largest absolute Gasteiger partial charge is 0.377 e. The van der Waals surface area contributed by atoms with Gasteiger partial charge < -0.3 is 4.74 Å². The minimum absolute atomic E-state index is 0.0178. The predicted octanol–water partition coefficient (Wildman–Crippen LogP) is 1.24. The van der Waals surface area contributed by atoms with Crippen molar-refractivity contribution in [3.8, 4) is 0 Å². The van der Waals surface area contributed by atoms with E-state index in [0.717, 1.165) is 5.69 Å². The standard InChI is InChI=1S/C9H11NO3S/c1-6-5-14-9(10-6)8(12)3-7(11)4-13-2/h5H,3-4H2,1-2H3. The molecule has 5 heteroatoms. The molecule has 0 unspecified atom stereocenters. The summed E-state index contributed by atoms with van der Waals surface area (Å²) in [5, 5.41) is 2.18. The number of Topliss-reactive ketones (excluding diaryl/α,β-unsaturated/α-hetero) is 2. The van der Waals surface area contributed by atoms with Gasteiger partial charge in [-0.05, 0) is 6.92 Å². The molecular formula is C9H11NO3S. The number of aromatic nitrogens is 1. The number of rotatable bonds is 5. The van der Waals surface area contributed by atoms with Gasteiger partial charge in [0, 0.05) is 18.2 Å². The third-order valence-electron chi connectivity index (χ3n) is 1.52. The molecule has 0 saturated heterocycles. The first kappa shape index (κ1) is 11.0. The van der Waals surface area contributed by atoms with E-state index in [4.69, 9.17) is 0 Å². The van der Waals surface area contributed by atoms with Gasteiger partial charge in [-0.2, -0.15) is 0 Å². The molecule has 0 aliphatic rings. The van der Waals surface area contributed by atoms with Gasteiger partial charge in [0.25, 0.3) is 0 Å². The molecule has 0 aromatic carbocycles. The maximum atomic E-state index is 11.4. The fourth-order valence-corrected chi connectivity index (χ4v) is 1.68. The summed E-state index contributed by atoms with van der Waals surface area (Å²) in [5.74, 6) is -0.449. The monoisotopic (exact) mass is 213 g/mol. The third kappa shape index (κ3) is 3.01. The van der Waals surface area contributed by atoms with Crippen molar-refractivity contribution in [3.63, 3.8) is 0 Å². The van der Waals surface area contributed by atoms with E-state index >= 15 is 0 Å². The van der Waals surface area contributed by atoms with Gasteiger partial charge in [0.05, 0.1) is 6.42 Å². The number of hydrogen-bond donors (Lipinski definition) is 0. The van der Waals surface area contributed by atoms with E-state index < -0.39 is 0 Å². The first-order valence-electron chi connectivity index (χ1n) is 4.09. The molecule has 1 aromatic rings. The lowest BCUT2D eigenvalue weighted by atomic mass is 10.2. The Morgan fingerprint density at radius 3 is 2.79 bits per heavy atom. The molecule has 1 heterocycles. The second kappa shape index (κ2) is 4.97. The van der Waals surface area contributed by atoms with E-state index in [2.05, 4.69) is 9.72 Å². The van der Waals surface area contributed by atoms with Gasteiger partial charge in [-0.25, -0.2) is 4.98 Å². The second-order valence-electron chi connectivity index (χ2n) is 2.87. The number of carbonyl (C=O) groups excluding carboxylic acids is 2. The fraction of sp³-hybridized carbons (Fsp3) is 0.444. The maximum absolute atomic E-state index is 11.4. The van der Waals surface area contributed by atoms with Crippen LogP contribution in [0.1, 0.15) is 21.9 Å². The van der Waals surface area contributed by atoms with E-state index in [-0.39, 0.29) is 24.6 Å². The summed E-state index contributed by atoms with van der Waals surface area (Å²) in [6.07, 6.45) is -0.124. The van der Waals surface area contributed by atoms with Crippen LogP contribution in [0.2, 0.25) is 0 Å². The summed E-state index contributed by atoms with van der Waals surface area (Å²) in [6.45, 7) is 1.79. The number of ketones is 2. The van der Waals surface area contributed by atoms with Gasteiger partial charge >= 0.3 is 0 Å². The van der Waals surface area contributed by atoms with Gasteiger partial charge in [0.1, 0.15) is 6.61 Å². The first-order chi connectivity index (χ1) is 6.63. The van der Waals surface area contributed by atoms with Gasteiger partial charge in [-0.1, -0.05) is 0 Å². The highest BCUT2D eigenvalue weighted by atomic mass is 32.1. The highest BCUT2D eigenvalue weighted by molar-refractivity contribution is 7.11. The lowest BCUT2D eigenvalue weighted by Gasteiger charge is -1.96. The average molecular weight is 213 g/mol. The normalized spacial score (nSPS) is 10.1. The zero-order valence-corrected chi connectivity index (χ0v) is 8.89. The van der Waals surface area contributed by atoms with E-state index in [9.17, 15) is 9.59 Å². The van der Waals surface area contributed by atoms with Crippen LogP contribution in [0.4, 0.5) is 0 Å². The quantitative estimate of drug-likeness (QED) is 0.545. The van der Waals surface area contributed by atoms with Crippen molar-refractivity contribution in [2.45, 2.75) is 13.3 Å². The van der Waals surface area contributed by atoms with Crippen molar-refractivity contribution >= 4 is 22.9 Å². The van der Waals surface area contributed by atoms with E-state index in [1.54, 1.807) is 5.38 Å². The smallest absolute Gasteiger partial charge is 0.198 e. The molecule has 0 spiro atoms. The fourth-order valence-electron chi connectivity index (χ4n) is 0.949. The number of carbonyl (C=O) groups is 2. The van der Waals surface area contributed by atoms with Crippen LogP contribution in [0.15, 0.2) is 5.38 Å². The molecule has 0 aliphatic heterocycles. The molecular weight excluding hydrogens is 202 g/mol. The van der Waals surface area contributed by atoms with Gasteiger partial charge in [0.2, 0.25) is 0 Å². The molecule has 0 saturated carbocycles. The van der Waals surface area contributed by atoms with Crippen molar-refractivity contribution in [1.82, 2.24) is 4.98 Å². The summed E-state index contributed by atoms with van der Waals surface area (Å²) in [7, 11) is 1.43. The van der Waals surface area contributed by atoms with E-state index in [1.165, 1.54) is 18.4 Å². The first-order valence-corrected chi connectivity index (χ1v) is 4.97. The van der Waals surface area contributed by atoms with E-state index in [1.807, 2.05) is 6.92 Å². The summed E-state index contributed by atoms with van der Waals surface area (Å²) in [5.41, 5.74) is 0.803. The van der Waals surface area contributed by atoms with Gasteiger partial charge in [-0.15, -0.1) is 11.3 Å². The third-order valence-corrected chi connectivity index (χ3v) is 2.52. The molecule has 0 bridgehead atoms. The highest BCUT2D eigenvalue weighted by Crippen LogP contribution is 2.11. The molecule has 14 heavy (non-hydrogen) atoms. The Morgan fingerprint density at radius 1 is 1.57 bits per heavy atom. The molecule has 76 valence electrons. The minimum Gasteiger partial charge on any atom is -0.377 e. The Bertz CT molecular complexity index is 346. The van der Waals surface area contributed by atoms with Crippen molar-refractivity contribution in [2.75, 3.05) is 13.7 Å². The van der Waals surface area contributed by atoms with Crippen LogP contribution in [-0.4, -0.2) is 30.3 Å². The Labute approximate surface area is 85.9 Å². The molecule has 0 amide bonds. The van der Waals surface area contributed by atoms with Crippen molar-refractivity contribution < 1.29 is 14.3 Å². The Hall–Kier alpha value is -1.07. The van der Waals surface area contributed by atoms with Gasteiger partial charge in [-0.3, -0.25) is 9.59 Å². The highest BCUT2D eigenvalue weighted by Gasteiger charge is 2.14. The average Bonchev–Trinajstić information content (AvgIpc) is 2.52. The molecule has 0 radical (unpaired) electrons. The zero-order valence-electron chi connectivity index (χ0n) is 8.07. The van der Waals surface area contributed by atoms with Crippen LogP contribution < -0.4 is 0 Å². The number of aryl methyl sites for hydroxylation is 1. The Kier molecular flexibility index (Phi) is 3.91. The summed E-state index contributed by atoms with van der Waals surface area (Å²) < 4.78 is 4.63. The van der Waals surface area contributed by atoms with Gasteiger partial charge in [0.15, 0.2) is 16.6 Å². The van der Waals surface area contributed by atoms with Crippen molar-refractivity contribution in [1.29, 1.82) is 0 Å². The maximum Gasteiger partial charge on any atom is 0.198 e. The molecule has 1 rings (SSSR count).